The van der Waals surface area contributed by atoms with Crippen LogP contribution in [0.5, 0.6) is 0 Å². The number of hydrogen-bond acceptors (Lipinski definition) is 3. The molecule has 2 aliphatic carbocycles. The number of rotatable bonds is 4. The molecule has 0 saturated heterocycles. The molecule has 0 radical (unpaired) electrons. The number of aliphatic carboxylic acids is 1. The van der Waals surface area contributed by atoms with Gasteiger partial charge in [0.2, 0.25) is 10.0 Å². The highest BCUT2D eigenvalue weighted by atomic mass is 32.2. The van der Waals surface area contributed by atoms with E-state index in [4.69, 9.17) is 0 Å². The Hall–Kier alpha value is -1.14. The molecule has 0 spiro atoms. The Bertz CT molecular complexity index is 553. The van der Waals surface area contributed by atoms with Gasteiger partial charge in [0.05, 0.1) is 10.3 Å². The molecule has 0 amide bonds. The van der Waals surface area contributed by atoms with Crippen LogP contribution in [0.1, 0.15) is 32.1 Å². The van der Waals surface area contributed by atoms with Crippen molar-refractivity contribution in [2.75, 3.05) is 14.1 Å². The zero-order valence-corrected chi connectivity index (χ0v) is 12.0. The van der Waals surface area contributed by atoms with Gasteiger partial charge in [-0.05, 0) is 37.7 Å². The number of hydrogen-bond donors (Lipinski definition) is 1. The lowest BCUT2D eigenvalue weighted by molar-refractivity contribution is -0.141. The van der Waals surface area contributed by atoms with Crippen LogP contribution in [0.2, 0.25) is 0 Å². The molecule has 0 aromatic heterocycles. The van der Waals surface area contributed by atoms with Crippen LogP contribution in [-0.4, -0.2) is 37.9 Å². The van der Waals surface area contributed by atoms with E-state index in [2.05, 4.69) is 0 Å². The van der Waals surface area contributed by atoms with Gasteiger partial charge in [0.15, 0.2) is 0 Å². The van der Waals surface area contributed by atoms with Crippen molar-refractivity contribution < 1.29 is 18.3 Å². The van der Waals surface area contributed by atoms with Crippen LogP contribution in [-0.2, 0) is 14.8 Å². The minimum Gasteiger partial charge on any atom is -0.481 e. The molecule has 2 rings (SSSR count). The molecular formula is C13H19NO4S. The van der Waals surface area contributed by atoms with Crippen molar-refractivity contribution in [1.82, 2.24) is 4.31 Å². The van der Waals surface area contributed by atoms with Crippen LogP contribution >= 0.6 is 0 Å². The van der Waals surface area contributed by atoms with Gasteiger partial charge in [-0.25, -0.2) is 12.7 Å². The quantitative estimate of drug-likeness (QED) is 0.853. The summed E-state index contributed by atoms with van der Waals surface area (Å²) in [6.45, 7) is 0. The van der Waals surface area contributed by atoms with E-state index in [1.807, 2.05) is 6.08 Å². The molecule has 0 aliphatic heterocycles. The molecule has 1 N–H and O–H groups in total. The average Bonchev–Trinajstić information content (AvgIpc) is 3.12. The van der Waals surface area contributed by atoms with E-state index in [0.29, 0.717) is 24.8 Å². The van der Waals surface area contributed by atoms with Crippen molar-refractivity contribution in [2.24, 2.45) is 5.41 Å². The number of carbonyl (C=O) groups is 1. The summed E-state index contributed by atoms with van der Waals surface area (Å²) in [6, 6.07) is 0. The summed E-state index contributed by atoms with van der Waals surface area (Å²) in [7, 11) is -0.589. The van der Waals surface area contributed by atoms with Crippen molar-refractivity contribution in [3.63, 3.8) is 0 Å². The summed E-state index contributed by atoms with van der Waals surface area (Å²) in [5.74, 6) is -0.916. The van der Waals surface area contributed by atoms with Crippen LogP contribution in [0, 0.1) is 5.41 Å². The molecule has 0 atom stereocenters. The monoisotopic (exact) mass is 285 g/mol. The van der Waals surface area contributed by atoms with E-state index in [1.165, 1.54) is 18.4 Å². The first-order valence-electron chi connectivity index (χ1n) is 6.38. The summed E-state index contributed by atoms with van der Waals surface area (Å²) in [5, 5.41) is 9.39. The SMILES string of the molecule is CN(C)S(=O)(=O)C1=C(C2(C(=O)O)CC2)C=CCCC1. The zero-order valence-electron chi connectivity index (χ0n) is 11.2. The topological polar surface area (TPSA) is 74.7 Å². The fraction of sp³-hybridized carbons (Fsp3) is 0.615. The Balaban J connectivity index is 2.60. The van der Waals surface area contributed by atoms with Crippen LogP contribution in [0.25, 0.3) is 0 Å². The smallest absolute Gasteiger partial charge is 0.314 e. The first-order chi connectivity index (χ1) is 8.82. The number of sulfonamides is 1. The van der Waals surface area contributed by atoms with E-state index < -0.39 is 21.4 Å². The summed E-state index contributed by atoms with van der Waals surface area (Å²) >= 11 is 0. The third kappa shape index (κ3) is 2.34. The molecule has 2 aliphatic rings. The van der Waals surface area contributed by atoms with Crippen LogP contribution in [0.15, 0.2) is 22.6 Å². The van der Waals surface area contributed by atoms with Gasteiger partial charge in [-0.15, -0.1) is 0 Å². The van der Waals surface area contributed by atoms with E-state index in [9.17, 15) is 18.3 Å². The Kier molecular flexibility index (Phi) is 3.57. The van der Waals surface area contributed by atoms with Crippen LogP contribution < -0.4 is 0 Å². The fourth-order valence-electron chi connectivity index (χ4n) is 2.45. The molecule has 1 fully saturated rings. The zero-order chi connectivity index (χ0) is 14.3. The van der Waals surface area contributed by atoms with E-state index in [-0.39, 0.29) is 4.91 Å². The van der Waals surface area contributed by atoms with Crippen molar-refractivity contribution >= 4 is 16.0 Å². The predicted molar refractivity (Wildman–Crippen MR) is 71.9 cm³/mol. The van der Waals surface area contributed by atoms with Crippen molar-refractivity contribution in [3.05, 3.63) is 22.6 Å². The predicted octanol–water partition coefficient (Wildman–Crippen LogP) is 1.74. The lowest BCUT2D eigenvalue weighted by Gasteiger charge is -2.20. The van der Waals surface area contributed by atoms with Gasteiger partial charge in [-0.3, -0.25) is 4.79 Å². The van der Waals surface area contributed by atoms with Crippen molar-refractivity contribution in [2.45, 2.75) is 32.1 Å². The van der Waals surface area contributed by atoms with E-state index >= 15 is 0 Å². The van der Waals surface area contributed by atoms with Gasteiger partial charge in [0.25, 0.3) is 0 Å². The first kappa shape index (κ1) is 14.3. The Morgan fingerprint density at radius 3 is 2.47 bits per heavy atom. The Morgan fingerprint density at radius 1 is 1.37 bits per heavy atom. The molecule has 0 aromatic carbocycles. The highest BCUT2D eigenvalue weighted by Crippen LogP contribution is 2.55. The minimum atomic E-state index is -3.55. The second-order valence-corrected chi connectivity index (χ2v) is 7.48. The molecule has 0 unspecified atom stereocenters. The van der Waals surface area contributed by atoms with Gasteiger partial charge >= 0.3 is 5.97 Å². The molecule has 0 heterocycles. The number of nitrogens with zero attached hydrogens (tertiary/aromatic N) is 1. The second kappa shape index (κ2) is 4.76. The maximum atomic E-state index is 12.4. The summed E-state index contributed by atoms with van der Waals surface area (Å²) in [4.78, 5) is 11.7. The fourth-order valence-corrected chi connectivity index (χ4v) is 3.83. The minimum absolute atomic E-state index is 0.283. The van der Waals surface area contributed by atoms with Gasteiger partial charge in [0.1, 0.15) is 0 Å². The second-order valence-electron chi connectivity index (χ2n) is 5.31. The maximum absolute atomic E-state index is 12.4. The Morgan fingerprint density at radius 2 is 2.00 bits per heavy atom. The standard InChI is InChI=1S/C13H19NO4S/c1-14(2)19(17,18)11-7-5-3-4-6-10(11)13(8-9-13)12(15)16/h4,6H,3,5,7-9H2,1-2H3,(H,15,16). The van der Waals surface area contributed by atoms with Crippen molar-refractivity contribution in [3.8, 4) is 0 Å². The van der Waals surface area contributed by atoms with Crippen LogP contribution in [0.3, 0.4) is 0 Å². The summed E-state index contributed by atoms with van der Waals surface area (Å²) < 4.78 is 25.9. The summed E-state index contributed by atoms with van der Waals surface area (Å²) in [5.41, 5.74) is -0.481. The first-order valence-corrected chi connectivity index (χ1v) is 7.82. The molecule has 106 valence electrons. The Labute approximate surface area is 113 Å². The van der Waals surface area contributed by atoms with Crippen LogP contribution in [0.4, 0.5) is 0 Å². The molecule has 5 nitrogen and oxygen atoms in total. The molecular weight excluding hydrogens is 266 g/mol. The normalized spacial score (nSPS) is 22.5. The highest BCUT2D eigenvalue weighted by molar-refractivity contribution is 7.93. The number of carboxylic acid groups (broad SMARTS) is 1. The average molecular weight is 285 g/mol. The molecule has 0 aromatic rings. The highest BCUT2D eigenvalue weighted by Gasteiger charge is 2.54. The molecule has 19 heavy (non-hydrogen) atoms. The number of carboxylic acids is 1. The maximum Gasteiger partial charge on any atom is 0.314 e. The third-order valence-electron chi connectivity index (χ3n) is 3.83. The van der Waals surface area contributed by atoms with E-state index in [1.54, 1.807) is 6.08 Å². The molecule has 6 heteroatoms. The van der Waals surface area contributed by atoms with E-state index in [0.717, 1.165) is 12.8 Å². The summed E-state index contributed by atoms with van der Waals surface area (Å²) in [6.07, 6.45) is 6.57. The molecule has 1 saturated carbocycles. The van der Waals surface area contributed by atoms with Gasteiger partial charge < -0.3 is 5.11 Å². The largest absolute Gasteiger partial charge is 0.481 e. The molecule has 0 bridgehead atoms. The van der Waals surface area contributed by atoms with Gasteiger partial charge in [-0.2, -0.15) is 0 Å². The third-order valence-corrected chi connectivity index (χ3v) is 5.83. The lowest BCUT2D eigenvalue weighted by Crippen LogP contribution is -2.27. The lowest BCUT2D eigenvalue weighted by atomic mass is 9.95. The number of allylic oxidation sites excluding steroid dienone is 3. The van der Waals surface area contributed by atoms with Gasteiger partial charge in [-0.1, -0.05) is 12.2 Å². The van der Waals surface area contributed by atoms with Gasteiger partial charge in [0, 0.05) is 14.1 Å². The van der Waals surface area contributed by atoms with Crippen molar-refractivity contribution in [1.29, 1.82) is 0 Å².